The average molecular weight is 383 g/mol. The molecule has 0 spiro atoms. The smallest absolute Gasteiger partial charge is 0.349 e. The van der Waals surface area contributed by atoms with Crippen molar-refractivity contribution in [2.75, 3.05) is 6.54 Å². The van der Waals surface area contributed by atoms with Crippen molar-refractivity contribution in [1.82, 2.24) is 4.90 Å². The Morgan fingerprint density at radius 2 is 1.93 bits per heavy atom. The van der Waals surface area contributed by atoms with Crippen LogP contribution < -0.4 is 0 Å². The fraction of sp³-hybridized carbons (Fsp3) is 0.238. The number of hydrogen-bond acceptors (Lipinski definition) is 4. The van der Waals surface area contributed by atoms with E-state index in [0.29, 0.717) is 28.1 Å². The Bertz CT molecular complexity index is 1030. The second kappa shape index (κ2) is 7.12. The highest BCUT2D eigenvalue weighted by molar-refractivity contribution is 7.20. The number of halogens is 1. The molecule has 0 fully saturated rings. The van der Waals surface area contributed by atoms with E-state index in [4.69, 9.17) is 4.74 Å². The summed E-state index contributed by atoms with van der Waals surface area (Å²) in [7, 11) is 0. The summed E-state index contributed by atoms with van der Waals surface area (Å²) in [5.74, 6) is -1.20. The van der Waals surface area contributed by atoms with Crippen LogP contribution in [0.2, 0.25) is 0 Å². The topological polar surface area (TPSA) is 46.6 Å². The first-order chi connectivity index (χ1) is 13.0. The molecule has 0 saturated carbocycles. The Morgan fingerprint density at radius 1 is 1.15 bits per heavy atom. The lowest BCUT2D eigenvalue weighted by Gasteiger charge is -2.30. The van der Waals surface area contributed by atoms with Crippen LogP contribution in [0.1, 0.15) is 27.7 Å². The predicted molar refractivity (Wildman–Crippen MR) is 102 cm³/mol. The lowest BCUT2D eigenvalue weighted by Crippen LogP contribution is -2.42. The summed E-state index contributed by atoms with van der Waals surface area (Å²) in [4.78, 5) is 27.1. The van der Waals surface area contributed by atoms with Crippen molar-refractivity contribution in [2.24, 2.45) is 0 Å². The van der Waals surface area contributed by atoms with Gasteiger partial charge in [0.2, 0.25) is 0 Å². The molecule has 0 N–H and O–H groups in total. The number of hydrogen-bond donors (Lipinski definition) is 0. The van der Waals surface area contributed by atoms with Crippen molar-refractivity contribution >= 4 is 33.3 Å². The van der Waals surface area contributed by atoms with Crippen LogP contribution in [0.4, 0.5) is 4.39 Å². The fourth-order valence-electron chi connectivity index (χ4n) is 3.34. The van der Waals surface area contributed by atoms with Gasteiger partial charge >= 0.3 is 5.97 Å². The molecule has 0 unspecified atom stereocenters. The van der Waals surface area contributed by atoms with Gasteiger partial charge in [-0.15, -0.1) is 11.3 Å². The summed E-state index contributed by atoms with van der Waals surface area (Å²) in [6.07, 6.45) is -0.101. The van der Waals surface area contributed by atoms with Gasteiger partial charge in [0.15, 0.2) is 6.10 Å². The second-order valence-electron chi connectivity index (χ2n) is 6.59. The third kappa shape index (κ3) is 3.45. The molecule has 0 aliphatic carbocycles. The van der Waals surface area contributed by atoms with Crippen LogP contribution in [0.15, 0.2) is 48.5 Å². The number of nitrogens with zero attached hydrogens (tertiary/aromatic N) is 1. The summed E-state index contributed by atoms with van der Waals surface area (Å²) >= 11 is 1.16. The van der Waals surface area contributed by atoms with Gasteiger partial charge in [-0.2, -0.15) is 0 Å². The van der Waals surface area contributed by atoms with E-state index in [2.05, 4.69) is 6.07 Å². The first kappa shape index (κ1) is 17.7. The molecule has 6 heteroatoms. The molecule has 2 aromatic carbocycles. The Kier molecular flexibility index (Phi) is 4.66. The number of fused-ring (bicyclic) bond motifs is 2. The van der Waals surface area contributed by atoms with E-state index < -0.39 is 12.1 Å². The van der Waals surface area contributed by atoms with Gasteiger partial charge in [0, 0.05) is 23.2 Å². The Hall–Kier alpha value is -2.73. The van der Waals surface area contributed by atoms with Crippen LogP contribution in [0.25, 0.3) is 10.1 Å². The Morgan fingerprint density at radius 3 is 2.70 bits per heavy atom. The zero-order valence-electron chi connectivity index (χ0n) is 14.8. The zero-order valence-corrected chi connectivity index (χ0v) is 15.6. The first-order valence-corrected chi connectivity index (χ1v) is 9.59. The predicted octanol–water partition coefficient (Wildman–Crippen LogP) is 4.17. The Labute approximate surface area is 160 Å². The van der Waals surface area contributed by atoms with Crippen molar-refractivity contribution in [1.29, 1.82) is 0 Å². The molecule has 1 aliphatic heterocycles. The van der Waals surface area contributed by atoms with E-state index in [1.54, 1.807) is 24.0 Å². The largest absolute Gasteiger partial charge is 0.448 e. The molecule has 1 atom stereocenters. The second-order valence-corrected chi connectivity index (χ2v) is 7.67. The van der Waals surface area contributed by atoms with Gasteiger partial charge in [0.1, 0.15) is 10.7 Å². The van der Waals surface area contributed by atoms with Gasteiger partial charge in [0.05, 0.1) is 0 Å². The minimum atomic E-state index is -0.891. The number of ether oxygens (including phenoxy) is 1. The van der Waals surface area contributed by atoms with E-state index in [-0.39, 0.29) is 11.7 Å². The molecular formula is C21H18FNO3S. The number of esters is 1. The van der Waals surface area contributed by atoms with Crippen molar-refractivity contribution in [3.8, 4) is 0 Å². The number of thiophene rings is 1. The highest BCUT2D eigenvalue weighted by Crippen LogP contribution is 2.28. The maximum atomic E-state index is 13.8. The molecule has 4 nitrogen and oxygen atoms in total. The zero-order chi connectivity index (χ0) is 19.0. The van der Waals surface area contributed by atoms with Gasteiger partial charge in [-0.3, -0.25) is 4.79 Å². The highest BCUT2D eigenvalue weighted by atomic mass is 32.1. The minimum Gasteiger partial charge on any atom is -0.448 e. The Balaban J connectivity index is 1.45. The van der Waals surface area contributed by atoms with Gasteiger partial charge in [-0.1, -0.05) is 30.3 Å². The van der Waals surface area contributed by atoms with E-state index in [1.807, 2.05) is 18.2 Å². The summed E-state index contributed by atoms with van der Waals surface area (Å²) in [6.45, 7) is 2.70. The van der Waals surface area contributed by atoms with Crippen molar-refractivity contribution in [2.45, 2.75) is 26.0 Å². The van der Waals surface area contributed by atoms with Crippen molar-refractivity contribution in [3.63, 3.8) is 0 Å². The molecule has 4 rings (SSSR count). The van der Waals surface area contributed by atoms with Crippen molar-refractivity contribution < 1.29 is 18.7 Å². The molecule has 3 aromatic rings. The molecule has 0 saturated heterocycles. The summed E-state index contributed by atoms with van der Waals surface area (Å²) in [5.41, 5.74) is 2.37. The van der Waals surface area contributed by atoms with Crippen LogP contribution in [0.5, 0.6) is 0 Å². The average Bonchev–Trinajstić information content (AvgIpc) is 3.13. The minimum absolute atomic E-state index is 0.217. The van der Waals surface area contributed by atoms with E-state index in [0.717, 1.165) is 23.3 Å². The molecular weight excluding hydrogens is 365 g/mol. The van der Waals surface area contributed by atoms with Crippen LogP contribution in [0.3, 0.4) is 0 Å². The lowest BCUT2D eigenvalue weighted by molar-refractivity contribution is -0.140. The monoisotopic (exact) mass is 383 g/mol. The van der Waals surface area contributed by atoms with E-state index in [1.165, 1.54) is 17.7 Å². The summed E-state index contributed by atoms with van der Waals surface area (Å²) in [5, 5.41) is 0.390. The fourth-order valence-corrected chi connectivity index (χ4v) is 4.29. The third-order valence-electron chi connectivity index (χ3n) is 4.78. The number of carbonyl (C=O) groups is 2. The van der Waals surface area contributed by atoms with Crippen LogP contribution in [0, 0.1) is 5.82 Å². The van der Waals surface area contributed by atoms with Crippen LogP contribution >= 0.6 is 11.3 Å². The standard InChI is InChI=1S/C21H18FNO3S/c1-13(20(24)23-10-9-14-5-2-3-6-15(14)12-23)26-21(25)19-11-16-17(22)7-4-8-18(16)27-19/h2-8,11,13H,9-10,12H2,1H3/t13-/m1/s1. The van der Waals surface area contributed by atoms with E-state index in [9.17, 15) is 14.0 Å². The quantitative estimate of drug-likeness (QED) is 0.638. The maximum absolute atomic E-state index is 13.8. The van der Waals surface area contributed by atoms with Gasteiger partial charge in [-0.05, 0) is 42.7 Å². The molecule has 1 amide bonds. The van der Waals surface area contributed by atoms with Crippen molar-refractivity contribution in [3.05, 3.63) is 70.4 Å². The van der Waals surface area contributed by atoms with Crippen LogP contribution in [-0.2, 0) is 22.5 Å². The number of carbonyl (C=O) groups excluding carboxylic acids is 2. The van der Waals surface area contributed by atoms with E-state index >= 15 is 0 Å². The first-order valence-electron chi connectivity index (χ1n) is 8.77. The molecule has 1 aliphatic rings. The van der Waals surface area contributed by atoms with Crippen LogP contribution in [-0.4, -0.2) is 29.4 Å². The third-order valence-corrected chi connectivity index (χ3v) is 5.86. The summed E-state index contributed by atoms with van der Waals surface area (Å²) < 4.78 is 19.9. The number of amides is 1. The number of benzene rings is 2. The molecule has 0 radical (unpaired) electrons. The highest BCUT2D eigenvalue weighted by Gasteiger charge is 2.27. The molecule has 138 valence electrons. The molecule has 0 bridgehead atoms. The SMILES string of the molecule is C[C@@H](OC(=O)c1cc2c(F)cccc2s1)C(=O)N1CCc2ccccc2C1. The van der Waals surface area contributed by atoms with Gasteiger partial charge in [0.25, 0.3) is 5.91 Å². The van der Waals surface area contributed by atoms with Gasteiger partial charge < -0.3 is 9.64 Å². The lowest BCUT2D eigenvalue weighted by atomic mass is 9.99. The van der Waals surface area contributed by atoms with Gasteiger partial charge in [-0.25, -0.2) is 9.18 Å². The molecule has 2 heterocycles. The normalized spacial score (nSPS) is 14.7. The number of rotatable bonds is 3. The summed E-state index contributed by atoms with van der Waals surface area (Å²) in [6, 6.07) is 14.2. The molecule has 27 heavy (non-hydrogen) atoms. The molecule has 1 aromatic heterocycles. The maximum Gasteiger partial charge on any atom is 0.349 e.